The molecule has 0 aliphatic carbocycles. The van der Waals surface area contributed by atoms with Crippen LogP contribution in [-0.4, -0.2) is 17.4 Å². The molecule has 0 spiro atoms. The summed E-state index contributed by atoms with van der Waals surface area (Å²) in [5, 5.41) is 9.11. The molecule has 1 N–H and O–H groups in total. The first-order valence-corrected chi connectivity index (χ1v) is 6.88. The maximum atomic E-state index is 12.3. The molecule has 2 rings (SSSR count). The van der Waals surface area contributed by atoms with Crippen LogP contribution in [0.15, 0.2) is 48.5 Å². The fraction of sp³-hybridized carbons (Fsp3) is 0.235. The van der Waals surface area contributed by atoms with Gasteiger partial charge in [0.1, 0.15) is 5.75 Å². The Kier molecular flexibility index (Phi) is 4.93. The number of aryl methyl sites for hydroxylation is 1. The molecule has 122 valence electrons. The van der Waals surface area contributed by atoms with E-state index in [1.807, 2.05) is 19.1 Å². The highest BCUT2D eigenvalue weighted by molar-refractivity contribution is 5.69. The zero-order valence-corrected chi connectivity index (χ0v) is 12.3. The Labute approximate surface area is 131 Å². The first-order chi connectivity index (χ1) is 10.7. The van der Waals surface area contributed by atoms with E-state index < -0.39 is 18.2 Å². The van der Waals surface area contributed by atoms with Crippen LogP contribution in [-0.2, 0) is 4.79 Å². The van der Waals surface area contributed by atoms with E-state index >= 15 is 0 Å². The number of halogens is 3. The summed E-state index contributed by atoms with van der Waals surface area (Å²) in [5.41, 5.74) is 2.19. The molecular formula is C17H15F3O3. The Morgan fingerprint density at radius 3 is 2.35 bits per heavy atom. The monoisotopic (exact) mass is 324 g/mol. The van der Waals surface area contributed by atoms with E-state index in [0.717, 1.165) is 11.1 Å². The fourth-order valence-electron chi connectivity index (χ4n) is 2.33. The lowest BCUT2D eigenvalue weighted by atomic mass is 9.88. The first-order valence-electron chi connectivity index (χ1n) is 6.88. The number of carbonyl (C=O) groups is 1. The third-order valence-electron chi connectivity index (χ3n) is 3.35. The molecule has 0 saturated carbocycles. The molecule has 23 heavy (non-hydrogen) atoms. The van der Waals surface area contributed by atoms with Crippen LogP contribution in [0, 0.1) is 6.92 Å². The average Bonchev–Trinajstić information content (AvgIpc) is 2.44. The van der Waals surface area contributed by atoms with Gasteiger partial charge in [-0.2, -0.15) is 0 Å². The zero-order valence-electron chi connectivity index (χ0n) is 12.3. The number of carboxylic acids is 1. The summed E-state index contributed by atoms with van der Waals surface area (Å²) >= 11 is 0. The molecule has 2 aromatic carbocycles. The molecule has 6 heteroatoms. The van der Waals surface area contributed by atoms with E-state index in [1.54, 1.807) is 18.2 Å². The second-order valence-electron chi connectivity index (χ2n) is 5.18. The van der Waals surface area contributed by atoms with Crippen molar-refractivity contribution in [1.82, 2.24) is 0 Å². The molecule has 0 heterocycles. The Hall–Kier alpha value is -2.50. The Morgan fingerprint density at radius 1 is 1.13 bits per heavy atom. The van der Waals surface area contributed by atoms with Crippen LogP contribution in [0.4, 0.5) is 13.2 Å². The summed E-state index contributed by atoms with van der Waals surface area (Å²) in [6, 6.07) is 12.6. The van der Waals surface area contributed by atoms with Crippen molar-refractivity contribution in [2.75, 3.05) is 0 Å². The smallest absolute Gasteiger partial charge is 0.481 e. The molecule has 0 aliphatic rings. The first kappa shape index (κ1) is 16.9. The summed E-state index contributed by atoms with van der Waals surface area (Å²) < 4.78 is 40.9. The Balaban J connectivity index is 2.37. The second-order valence-corrected chi connectivity index (χ2v) is 5.18. The molecule has 0 saturated heterocycles. The van der Waals surface area contributed by atoms with Crippen LogP contribution in [0.5, 0.6) is 5.75 Å². The summed E-state index contributed by atoms with van der Waals surface area (Å²) in [6.07, 6.45) is -5.01. The van der Waals surface area contributed by atoms with E-state index in [2.05, 4.69) is 4.74 Å². The van der Waals surface area contributed by atoms with E-state index in [0.29, 0.717) is 5.56 Å². The van der Waals surface area contributed by atoms with Gasteiger partial charge in [0.15, 0.2) is 0 Å². The number of alkyl halides is 3. The second kappa shape index (κ2) is 6.73. The lowest BCUT2D eigenvalue weighted by Crippen LogP contribution is -2.17. The zero-order chi connectivity index (χ0) is 17.0. The minimum atomic E-state index is -4.79. The number of aliphatic carboxylic acids is 1. The third kappa shape index (κ3) is 5.02. The highest BCUT2D eigenvalue weighted by atomic mass is 19.4. The minimum Gasteiger partial charge on any atom is -0.481 e. The molecule has 2 aromatic rings. The number of hydrogen-bond donors (Lipinski definition) is 1. The van der Waals surface area contributed by atoms with Crippen LogP contribution in [0.25, 0.3) is 0 Å². The van der Waals surface area contributed by atoms with Gasteiger partial charge in [-0.3, -0.25) is 4.79 Å². The molecule has 0 bridgehead atoms. The maximum absolute atomic E-state index is 12.3. The van der Waals surface area contributed by atoms with Gasteiger partial charge in [0, 0.05) is 5.92 Å². The van der Waals surface area contributed by atoms with Gasteiger partial charge in [-0.25, -0.2) is 0 Å². The van der Waals surface area contributed by atoms with Crippen molar-refractivity contribution in [3.63, 3.8) is 0 Å². The van der Waals surface area contributed by atoms with E-state index in [4.69, 9.17) is 5.11 Å². The Morgan fingerprint density at radius 2 is 1.78 bits per heavy atom. The molecule has 0 aliphatic heterocycles. The van der Waals surface area contributed by atoms with Crippen molar-refractivity contribution in [3.05, 3.63) is 65.2 Å². The van der Waals surface area contributed by atoms with Crippen molar-refractivity contribution < 1.29 is 27.8 Å². The Bertz CT molecular complexity index is 678. The van der Waals surface area contributed by atoms with Gasteiger partial charge in [0.25, 0.3) is 0 Å². The average molecular weight is 324 g/mol. The van der Waals surface area contributed by atoms with Crippen molar-refractivity contribution in [1.29, 1.82) is 0 Å². The van der Waals surface area contributed by atoms with Crippen LogP contribution >= 0.6 is 0 Å². The summed E-state index contributed by atoms with van der Waals surface area (Å²) in [6.45, 7) is 1.90. The van der Waals surface area contributed by atoms with Gasteiger partial charge in [-0.15, -0.1) is 13.2 Å². The van der Waals surface area contributed by atoms with Crippen LogP contribution in [0.3, 0.4) is 0 Å². The van der Waals surface area contributed by atoms with Crippen molar-refractivity contribution in [2.24, 2.45) is 0 Å². The van der Waals surface area contributed by atoms with E-state index in [9.17, 15) is 18.0 Å². The van der Waals surface area contributed by atoms with E-state index in [1.165, 1.54) is 18.2 Å². The number of benzene rings is 2. The largest absolute Gasteiger partial charge is 0.573 e. The van der Waals surface area contributed by atoms with Gasteiger partial charge >= 0.3 is 12.3 Å². The standard InChI is InChI=1S/C17H15F3O3/c1-11-5-7-12(8-6-11)15(10-16(21)22)13-3-2-4-14(9-13)23-17(18,19)20/h2-9,15H,10H2,1H3,(H,21,22)/t15-/m0/s1. The summed E-state index contributed by atoms with van der Waals surface area (Å²) in [7, 11) is 0. The molecule has 0 radical (unpaired) electrons. The van der Waals surface area contributed by atoms with Gasteiger partial charge in [-0.1, -0.05) is 42.0 Å². The predicted molar refractivity (Wildman–Crippen MR) is 78.4 cm³/mol. The molecule has 0 aromatic heterocycles. The van der Waals surface area contributed by atoms with Gasteiger partial charge < -0.3 is 9.84 Å². The molecule has 0 fully saturated rings. The van der Waals surface area contributed by atoms with Crippen LogP contribution < -0.4 is 4.74 Å². The van der Waals surface area contributed by atoms with Gasteiger partial charge in [-0.05, 0) is 30.2 Å². The normalized spacial score (nSPS) is 12.7. The number of rotatable bonds is 5. The van der Waals surface area contributed by atoms with Crippen molar-refractivity contribution >= 4 is 5.97 Å². The van der Waals surface area contributed by atoms with Gasteiger partial charge in [0.2, 0.25) is 0 Å². The van der Waals surface area contributed by atoms with Crippen molar-refractivity contribution in [2.45, 2.75) is 25.6 Å². The number of carboxylic acid groups (broad SMARTS) is 1. The van der Waals surface area contributed by atoms with E-state index in [-0.39, 0.29) is 12.2 Å². The summed E-state index contributed by atoms with van der Waals surface area (Å²) in [5.74, 6) is -1.94. The topological polar surface area (TPSA) is 46.5 Å². The quantitative estimate of drug-likeness (QED) is 0.881. The molecule has 1 atom stereocenters. The highest BCUT2D eigenvalue weighted by Crippen LogP contribution is 2.32. The molecular weight excluding hydrogens is 309 g/mol. The van der Waals surface area contributed by atoms with Gasteiger partial charge in [0.05, 0.1) is 6.42 Å². The lowest BCUT2D eigenvalue weighted by molar-refractivity contribution is -0.274. The number of ether oxygens (including phenoxy) is 1. The SMILES string of the molecule is Cc1ccc([C@H](CC(=O)O)c2cccc(OC(F)(F)F)c2)cc1. The fourth-order valence-corrected chi connectivity index (χ4v) is 2.33. The number of hydrogen-bond acceptors (Lipinski definition) is 2. The predicted octanol–water partition coefficient (Wildman–Crippen LogP) is 4.50. The molecule has 0 amide bonds. The minimum absolute atomic E-state index is 0.224. The molecule has 3 nitrogen and oxygen atoms in total. The third-order valence-corrected chi connectivity index (χ3v) is 3.35. The summed E-state index contributed by atoms with van der Waals surface area (Å²) in [4.78, 5) is 11.1. The lowest BCUT2D eigenvalue weighted by Gasteiger charge is -2.18. The highest BCUT2D eigenvalue weighted by Gasteiger charge is 2.31. The van der Waals surface area contributed by atoms with Crippen LogP contribution in [0.1, 0.15) is 29.0 Å². The van der Waals surface area contributed by atoms with Crippen molar-refractivity contribution in [3.8, 4) is 5.75 Å². The van der Waals surface area contributed by atoms with Crippen LogP contribution in [0.2, 0.25) is 0 Å². The maximum Gasteiger partial charge on any atom is 0.573 e. The molecule has 0 unspecified atom stereocenters.